The van der Waals surface area contributed by atoms with E-state index in [0.717, 1.165) is 6.04 Å². The van der Waals surface area contributed by atoms with Gasteiger partial charge in [0, 0.05) is 25.7 Å². The second-order valence-electron chi connectivity index (χ2n) is 7.44. The van der Waals surface area contributed by atoms with Gasteiger partial charge < -0.3 is 10.2 Å². The first-order chi connectivity index (χ1) is 7.92. The second kappa shape index (κ2) is 4.89. The molecule has 2 aliphatic rings. The maximum absolute atomic E-state index is 3.72. The van der Waals surface area contributed by atoms with Crippen molar-refractivity contribution >= 4 is 0 Å². The maximum Gasteiger partial charge on any atom is 0.00684 e. The van der Waals surface area contributed by atoms with Crippen LogP contribution in [0.4, 0.5) is 0 Å². The van der Waals surface area contributed by atoms with Crippen molar-refractivity contribution in [1.82, 2.24) is 10.2 Å². The highest BCUT2D eigenvalue weighted by Gasteiger charge is 2.34. The van der Waals surface area contributed by atoms with Crippen molar-refractivity contribution in [3.05, 3.63) is 0 Å². The molecule has 2 fully saturated rings. The number of hydrogen-bond donors (Lipinski definition) is 1. The second-order valence-corrected chi connectivity index (χ2v) is 7.44. The van der Waals surface area contributed by atoms with Crippen LogP contribution in [-0.2, 0) is 0 Å². The number of hydrogen-bond acceptors (Lipinski definition) is 2. The summed E-state index contributed by atoms with van der Waals surface area (Å²) < 4.78 is 0. The zero-order valence-electron chi connectivity index (χ0n) is 12.2. The first-order valence-corrected chi connectivity index (χ1v) is 7.38. The van der Waals surface area contributed by atoms with E-state index in [1.165, 1.54) is 51.9 Å². The summed E-state index contributed by atoms with van der Waals surface area (Å²) >= 11 is 0. The highest BCUT2D eigenvalue weighted by Crippen LogP contribution is 2.32. The molecule has 0 aromatic carbocycles. The van der Waals surface area contributed by atoms with Crippen LogP contribution in [0.2, 0.25) is 0 Å². The van der Waals surface area contributed by atoms with E-state index in [9.17, 15) is 0 Å². The van der Waals surface area contributed by atoms with Gasteiger partial charge in [0.1, 0.15) is 0 Å². The summed E-state index contributed by atoms with van der Waals surface area (Å²) in [6, 6.07) is 0.843. The topological polar surface area (TPSA) is 15.3 Å². The van der Waals surface area contributed by atoms with E-state index in [1.54, 1.807) is 0 Å². The number of rotatable bonds is 6. The lowest BCUT2D eigenvalue weighted by Crippen LogP contribution is -2.42. The molecule has 1 N–H and O–H groups in total. The predicted molar refractivity (Wildman–Crippen MR) is 74.3 cm³/mol. The van der Waals surface area contributed by atoms with Crippen LogP contribution in [0.15, 0.2) is 0 Å². The van der Waals surface area contributed by atoms with Crippen molar-refractivity contribution in [2.75, 3.05) is 26.2 Å². The standard InChI is InChI=1S/C15H30N2/c1-5-15(4,10-16-13-6-7-13)12-17-9-8-14(2,3)11-17/h13,16H,5-12H2,1-4H3. The van der Waals surface area contributed by atoms with Crippen LogP contribution in [0.25, 0.3) is 0 Å². The van der Waals surface area contributed by atoms with E-state index in [4.69, 9.17) is 0 Å². The van der Waals surface area contributed by atoms with E-state index in [2.05, 4.69) is 37.9 Å². The van der Waals surface area contributed by atoms with Gasteiger partial charge in [0.2, 0.25) is 0 Å². The molecule has 0 spiro atoms. The van der Waals surface area contributed by atoms with Gasteiger partial charge in [0.15, 0.2) is 0 Å². The van der Waals surface area contributed by atoms with Gasteiger partial charge >= 0.3 is 0 Å². The van der Waals surface area contributed by atoms with Crippen LogP contribution in [0.5, 0.6) is 0 Å². The molecular formula is C15H30N2. The Morgan fingerprint density at radius 1 is 1.35 bits per heavy atom. The molecule has 1 saturated carbocycles. The fourth-order valence-electron chi connectivity index (χ4n) is 2.87. The van der Waals surface area contributed by atoms with Crippen LogP contribution in [-0.4, -0.2) is 37.1 Å². The Morgan fingerprint density at radius 2 is 2.06 bits per heavy atom. The number of nitrogens with one attached hydrogen (secondary N) is 1. The van der Waals surface area contributed by atoms with Crippen LogP contribution >= 0.6 is 0 Å². The zero-order valence-corrected chi connectivity index (χ0v) is 12.2. The highest BCUT2D eigenvalue weighted by atomic mass is 15.2. The normalized spacial score (nSPS) is 28.2. The van der Waals surface area contributed by atoms with Crippen molar-refractivity contribution in [2.45, 2.75) is 59.4 Å². The monoisotopic (exact) mass is 238 g/mol. The molecule has 0 aromatic heterocycles. The average Bonchev–Trinajstić information content (AvgIpc) is 3.02. The maximum atomic E-state index is 3.72. The molecule has 100 valence electrons. The molecule has 1 heterocycles. The summed E-state index contributed by atoms with van der Waals surface area (Å²) in [7, 11) is 0. The van der Waals surface area contributed by atoms with Crippen LogP contribution in [0.1, 0.15) is 53.4 Å². The lowest BCUT2D eigenvalue weighted by atomic mass is 9.86. The van der Waals surface area contributed by atoms with Gasteiger partial charge in [-0.2, -0.15) is 0 Å². The minimum absolute atomic E-state index is 0.461. The van der Waals surface area contributed by atoms with Gasteiger partial charge in [0.05, 0.1) is 0 Å². The molecule has 17 heavy (non-hydrogen) atoms. The highest BCUT2D eigenvalue weighted by molar-refractivity contribution is 4.90. The third kappa shape index (κ3) is 3.96. The molecular weight excluding hydrogens is 208 g/mol. The SMILES string of the molecule is CCC(C)(CNC1CC1)CN1CCC(C)(C)C1. The van der Waals surface area contributed by atoms with Gasteiger partial charge in [-0.25, -0.2) is 0 Å². The van der Waals surface area contributed by atoms with Crippen LogP contribution < -0.4 is 5.32 Å². The Bertz CT molecular complexity index is 258. The minimum Gasteiger partial charge on any atom is -0.313 e. The molecule has 1 aliphatic heterocycles. The molecule has 1 unspecified atom stereocenters. The summed E-state index contributed by atoms with van der Waals surface area (Å²) in [6.07, 6.45) is 5.44. The molecule has 1 atom stereocenters. The molecule has 2 nitrogen and oxygen atoms in total. The summed E-state index contributed by atoms with van der Waals surface area (Å²) in [4.78, 5) is 2.68. The van der Waals surface area contributed by atoms with Gasteiger partial charge in [0.25, 0.3) is 0 Å². The lowest BCUT2D eigenvalue weighted by Gasteiger charge is -2.34. The first-order valence-electron chi connectivity index (χ1n) is 7.38. The Labute approximate surface area is 107 Å². The molecule has 1 aliphatic carbocycles. The van der Waals surface area contributed by atoms with Gasteiger partial charge in [-0.3, -0.25) is 0 Å². The molecule has 0 radical (unpaired) electrons. The minimum atomic E-state index is 0.461. The lowest BCUT2D eigenvalue weighted by molar-refractivity contribution is 0.168. The average molecular weight is 238 g/mol. The van der Waals surface area contributed by atoms with Crippen LogP contribution in [0, 0.1) is 10.8 Å². The molecule has 2 heteroatoms. The Kier molecular flexibility index (Phi) is 3.84. The van der Waals surface area contributed by atoms with E-state index in [0.29, 0.717) is 10.8 Å². The summed E-state index contributed by atoms with van der Waals surface area (Å²) in [5, 5.41) is 3.72. The van der Waals surface area contributed by atoms with Crippen molar-refractivity contribution in [3.8, 4) is 0 Å². The largest absolute Gasteiger partial charge is 0.313 e. The summed E-state index contributed by atoms with van der Waals surface area (Å²) in [5.74, 6) is 0. The predicted octanol–water partition coefficient (Wildman–Crippen LogP) is 2.89. The van der Waals surface area contributed by atoms with Crippen molar-refractivity contribution < 1.29 is 0 Å². The zero-order chi connectivity index (χ0) is 12.5. The van der Waals surface area contributed by atoms with E-state index >= 15 is 0 Å². The first kappa shape index (κ1) is 13.4. The molecule has 0 amide bonds. The molecule has 2 rings (SSSR count). The Hall–Kier alpha value is -0.0800. The fourth-order valence-corrected chi connectivity index (χ4v) is 2.87. The van der Waals surface area contributed by atoms with Crippen LogP contribution in [0.3, 0.4) is 0 Å². The summed E-state index contributed by atoms with van der Waals surface area (Å²) in [6.45, 7) is 14.6. The molecule has 1 saturated heterocycles. The number of likely N-dealkylation sites (tertiary alicyclic amines) is 1. The molecule has 0 aromatic rings. The summed E-state index contributed by atoms with van der Waals surface area (Å²) in [5.41, 5.74) is 1.00. The Balaban J connectivity index is 1.80. The number of nitrogens with zero attached hydrogens (tertiary/aromatic N) is 1. The van der Waals surface area contributed by atoms with E-state index in [1.807, 2.05) is 0 Å². The van der Waals surface area contributed by atoms with Gasteiger partial charge in [-0.15, -0.1) is 0 Å². The third-order valence-corrected chi connectivity index (χ3v) is 4.61. The van der Waals surface area contributed by atoms with Crippen molar-refractivity contribution in [1.29, 1.82) is 0 Å². The quantitative estimate of drug-likeness (QED) is 0.765. The van der Waals surface area contributed by atoms with E-state index < -0.39 is 0 Å². The van der Waals surface area contributed by atoms with Crippen molar-refractivity contribution in [2.24, 2.45) is 10.8 Å². The van der Waals surface area contributed by atoms with Gasteiger partial charge in [-0.1, -0.05) is 27.7 Å². The van der Waals surface area contributed by atoms with E-state index in [-0.39, 0.29) is 0 Å². The smallest absolute Gasteiger partial charge is 0.00684 e. The Morgan fingerprint density at radius 3 is 2.53 bits per heavy atom. The van der Waals surface area contributed by atoms with Gasteiger partial charge in [-0.05, 0) is 43.1 Å². The third-order valence-electron chi connectivity index (χ3n) is 4.61. The van der Waals surface area contributed by atoms with Crippen molar-refractivity contribution in [3.63, 3.8) is 0 Å². The molecule has 0 bridgehead atoms. The fraction of sp³-hybridized carbons (Fsp3) is 1.00.